The van der Waals surface area contributed by atoms with Gasteiger partial charge in [0.1, 0.15) is 5.75 Å². The monoisotopic (exact) mass is 236 g/mol. The van der Waals surface area contributed by atoms with Gasteiger partial charge in [-0.05, 0) is 57.4 Å². The standard InChI is InChI=1S/C14H24N2O/c1-10-8-12(9-11(2)13(10)17-5)16-7-6-14(3,4)15/h8-9,16H,6-7,15H2,1-5H3. The van der Waals surface area contributed by atoms with E-state index in [1.807, 2.05) is 13.8 Å². The SMILES string of the molecule is COc1c(C)cc(NCCC(C)(C)N)cc1C. The molecule has 0 bridgehead atoms. The van der Waals surface area contributed by atoms with Gasteiger partial charge in [-0.1, -0.05) is 0 Å². The van der Waals surface area contributed by atoms with E-state index in [-0.39, 0.29) is 5.54 Å². The molecule has 3 heteroatoms. The normalized spacial score (nSPS) is 11.4. The Balaban J connectivity index is 2.67. The molecule has 0 unspecified atom stereocenters. The van der Waals surface area contributed by atoms with E-state index in [1.165, 1.54) is 0 Å². The molecule has 3 nitrogen and oxygen atoms in total. The van der Waals surface area contributed by atoms with Gasteiger partial charge in [-0.3, -0.25) is 0 Å². The van der Waals surface area contributed by atoms with Crippen LogP contribution in [0.25, 0.3) is 0 Å². The molecule has 0 heterocycles. The molecule has 0 atom stereocenters. The van der Waals surface area contributed by atoms with Crippen LogP contribution in [-0.4, -0.2) is 19.2 Å². The second kappa shape index (κ2) is 5.41. The second-order valence-corrected chi connectivity index (χ2v) is 5.31. The van der Waals surface area contributed by atoms with Crippen molar-refractivity contribution in [3.05, 3.63) is 23.3 Å². The molecule has 0 saturated heterocycles. The lowest BCUT2D eigenvalue weighted by atomic mass is 10.0. The minimum Gasteiger partial charge on any atom is -0.496 e. The van der Waals surface area contributed by atoms with Crippen molar-refractivity contribution in [2.75, 3.05) is 19.0 Å². The fraction of sp³-hybridized carbons (Fsp3) is 0.571. The molecule has 0 fully saturated rings. The first-order valence-electron chi connectivity index (χ1n) is 6.01. The summed E-state index contributed by atoms with van der Waals surface area (Å²) in [4.78, 5) is 0. The fourth-order valence-corrected chi connectivity index (χ4v) is 1.90. The van der Waals surface area contributed by atoms with Crippen LogP contribution in [0.1, 0.15) is 31.4 Å². The van der Waals surface area contributed by atoms with E-state index in [1.54, 1.807) is 7.11 Å². The van der Waals surface area contributed by atoms with Gasteiger partial charge >= 0.3 is 0 Å². The number of anilines is 1. The van der Waals surface area contributed by atoms with Crippen LogP contribution >= 0.6 is 0 Å². The number of hydrogen-bond acceptors (Lipinski definition) is 3. The van der Waals surface area contributed by atoms with Crippen LogP contribution in [0.5, 0.6) is 5.75 Å². The maximum absolute atomic E-state index is 5.95. The molecule has 0 saturated carbocycles. The van der Waals surface area contributed by atoms with Gasteiger partial charge in [-0.25, -0.2) is 0 Å². The summed E-state index contributed by atoms with van der Waals surface area (Å²) in [6, 6.07) is 4.21. The first kappa shape index (κ1) is 13.8. The first-order valence-corrected chi connectivity index (χ1v) is 6.01. The summed E-state index contributed by atoms with van der Waals surface area (Å²) in [7, 11) is 1.71. The summed E-state index contributed by atoms with van der Waals surface area (Å²) in [6.45, 7) is 9.08. The highest BCUT2D eigenvalue weighted by molar-refractivity contribution is 5.55. The van der Waals surface area contributed by atoms with Crippen molar-refractivity contribution in [2.24, 2.45) is 5.73 Å². The number of hydrogen-bond donors (Lipinski definition) is 2. The molecule has 0 aromatic heterocycles. The van der Waals surface area contributed by atoms with Crippen molar-refractivity contribution in [2.45, 2.75) is 39.7 Å². The Morgan fingerprint density at radius 1 is 1.24 bits per heavy atom. The summed E-state index contributed by atoms with van der Waals surface area (Å²) in [5.74, 6) is 0.967. The van der Waals surface area contributed by atoms with Crippen LogP contribution in [0.3, 0.4) is 0 Å². The molecule has 3 N–H and O–H groups in total. The zero-order valence-corrected chi connectivity index (χ0v) is 11.6. The third kappa shape index (κ3) is 4.27. The highest BCUT2D eigenvalue weighted by Crippen LogP contribution is 2.26. The third-order valence-corrected chi connectivity index (χ3v) is 2.76. The van der Waals surface area contributed by atoms with Crippen LogP contribution in [0, 0.1) is 13.8 Å². The molecular weight excluding hydrogens is 212 g/mol. The van der Waals surface area contributed by atoms with E-state index in [4.69, 9.17) is 10.5 Å². The largest absolute Gasteiger partial charge is 0.496 e. The lowest BCUT2D eigenvalue weighted by Gasteiger charge is -2.19. The van der Waals surface area contributed by atoms with E-state index in [9.17, 15) is 0 Å². The van der Waals surface area contributed by atoms with Crippen molar-refractivity contribution in [1.29, 1.82) is 0 Å². The summed E-state index contributed by atoms with van der Waals surface area (Å²) < 4.78 is 5.34. The molecule has 17 heavy (non-hydrogen) atoms. The van der Waals surface area contributed by atoms with E-state index >= 15 is 0 Å². The Bertz CT molecular complexity index is 357. The highest BCUT2D eigenvalue weighted by Gasteiger charge is 2.10. The van der Waals surface area contributed by atoms with E-state index < -0.39 is 0 Å². The lowest BCUT2D eigenvalue weighted by Crippen LogP contribution is -2.34. The van der Waals surface area contributed by atoms with Crippen molar-refractivity contribution < 1.29 is 4.74 Å². The molecule has 0 aliphatic rings. The fourth-order valence-electron chi connectivity index (χ4n) is 1.90. The topological polar surface area (TPSA) is 47.3 Å². The molecule has 1 aromatic rings. The second-order valence-electron chi connectivity index (χ2n) is 5.31. The molecular formula is C14H24N2O. The number of aryl methyl sites for hydroxylation is 2. The van der Waals surface area contributed by atoms with Crippen LogP contribution in [0.15, 0.2) is 12.1 Å². The molecule has 1 aromatic carbocycles. The Labute approximate surface area is 104 Å². The molecule has 96 valence electrons. The Morgan fingerprint density at radius 3 is 2.18 bits per heavy atom. The van der Waals surface area contributed by atoms with Crippen LogP contribution in [0.2, 0.25) is 0 Å². The van der Waals surface area contributed by atoms with E-state index in [0.717, 1.165) is 35.5 Å². The van der Waals surface area contributed by atoms with Crippen molar-refractivity contribution >= 4 is 5.69 Å². The van der Waals surface area contributed by atoms with Gasteiger partial charge in [0.05, 0.1) is 7.11 Å². The molecule has 0 radical (unpaired) electrons. The zero-order valence-electron chi connectivity index (χ0n) is 11.6. The van der Waals surface area contributed by atoms with Crippen LogP contribution < -0.4 is 15.8 Å². The Kier molecular flexibility index (Phi) is 4.40. The number of rotatable bonds is 5. The van der Waals surface area contributed by atoms with E-state index in [2.05, 4.69) is 31.3 Å². The molecule has 0 aliphatic heterocycles. The number of nitrogens with one attached hydrogen (secondary N) is 1. The van der Waals surface area contributed by atoms with Gasteiger partial charge in [-0.2, -0.15) is 0 Å². The first-order chi connectivity index (χ1) is 7.83. The van der Waals surface area contributed by atoms with Crippen molar-refractivity contribution in [3.8, 4) is 5.75 Å². The minimum atomic E-state index is -0.121. The maximum atomic E-state index is 5.95. The van der Waals surface area contributed by atoms with Gasteiger partial charge < -0.3 is 15.8 Å². The number of ether oxygens (including phenoxy) is 1. The molecule has 0 aliphatic carbocycles. The third-order valence-electron chi connectivity index (χ3n) is 2.76. The van der Waals surface area contributed by atoms with Gasteiger partial charge in [0.15, 0.2) is 0 Å². The highest BCUT2D eigenvalue weighted by atomic mass is 16.5. The van der Waals surface area contributed by atoms with Crippen molar-refractivity contribution in [3.63, 3.8) is 0 Å². The van der Waals surface area contributed by atoms with Gasteiger partial charge in [0.2, 0.25) is 0 Å². The summed E-state index contributed by atoms with van der Waals surface area (Å²) in [6.07, 6.45) is 0.942. The predicted octanol–water partition coefficient (Wildman–Crippen LogP) is 2.85. The predicted molar refractivity (Wildman–Crippen MR) is 73.8 cm³/mol. The smallest absolute Gasteiger partial charge is 0.124 e. The Morgan fingerprint density at radius 2 is 1.76 bits per heavy atom. The molecule has 0 amide bonds. The molecule has 1 rings (SSSR count). The lowest BCUT2D eigenvalue weighted by molar-refractivity contribution is 0.408. The average Bonchev–Trinajstić information content (AvgIpc) is 2.15. The minimum absolute atomic E-state index is 0.121. The van der Waals surface area contributed by atoms with E-state index in [0.29, 0.717) is 0 Å². The number of nitrogens with two attached hydrogens (primary N) is 1. The van der Waals surface area contributed by atoms with Crippen molar-refractivity contribution in [1.82, 2.24) is 0 Å². The van der Waals surface area contributed by atoms with Crippen LogP contribution in [-0.2, 0) is 0 Å². The van der Waals surface area contributed by atoms with Gasteiger partial charge in [-0.15, -0.1) is 0 Å². The quantitative estimate of drug-likeness (QED) is 0.826. The molecule has 0 spiro atoms. The van der Waals surface area contributed by atoms with Crippen LogP contribution in [0.4, 0.5) is 5.69 Å². The average molecular weight is 236 g/mol. The maximum Gasteiger partial charge on any atom is 0.124 e. The van der Waals surface area contributed by atoms with Gasteiger partial charge in [0, 0.05) is 17.8 Å². The number of benzene rings is 1. The number of methoxy groups -OCH3 is 1. The Hall–Kier alpha value is -1.22. The van der Waals surface area contributed by atoms with Gasteiger partial charge in [0.25, 0.3) is 0 Å². The zero-order chi connectivity index (χ0) is 13.1. The summed E-state index contributed by atoms with van der Waals surface area (Å²) >= 11 is 0. The summed E-state index contributed by atoms with van der Waals surface area (Å²) in [5, 5.41) is 3.40. The summed E-state index contributed by atoms with van der Waals surface area (Å²) in [5.41, 5.74) is 9.26.